The predicted molar refractivity (Wildman–Crippen MR) is 47.3 cm³/mol. The molecule has 0 unspecified atom stereocenters. The number of benzene rings is 1. The standard InChI is InChI=1S/C10H12NO/c1-11-7-10(12,8-11)9-5-3-2-4-6-9/h2-6,12H,1,7-8H2/q-1. The molecule has 1 heterocycles. The van der Waals surface area contributed by atoms with E-state index >= 15 is 0 Å². The Morgan fingerprint density at radius 1 is 1.25 bits per heavy atom. The molecule has 12 heavy (non-hydrogen) atoms. The van der Waals surface area contributed by atoms with Crippen LogP contribution in [-0.2, 0) is 5.60 Å². The summed E-state index contributed by atoms with van der Waals surface area (Å²) in [7, 11) is 3.74. The zero-order valence-corrected chi connectivity index (χ0v) is 6.90. The van der Waals surface area contributed by atoms with Gasteiger partial charge in [-0.3, -0.25) is 7.05 Å². The average Bonchev–Trinajstić information content (AvgIpc) is 2.04. The van der Waals surface area contributed by atoms with Gasteiger partial charge in [0.2, 0.25) is 0 Å². The molecule has 1 aromatic carbocycles. The van der Waals surface area contributed by atoms with Crippen molar-refractivity contribution in [2.45, 2.75) is 5.60 Å². The molecule has 0 aromatic heterocycles. The molecule has 1 aliphatic heterocycles. The van der Waals surface area contributed by atoms with Crippen LogP contribution in [0.15, 0.2) is 30.3 Å². The third-order valence-corrected chi connectivity index (χ3v) is 2.28. The molecular formula is C10H12NO-. The van der Waals surface area contributed by atoms with E-state index in [1.807, 2.05) is 35.2 Å². The first-order chi connectivity index (χ1) is 5.71. The van der Waals surface area contributed by atoms with Crippen molar-refractivity contribution in [1.29, 1.82) is 0 Å². The molecule has 2 heteroatoms. The van der Waals surface area contributed by atoms with Crippen LogP contribution in [0.5, 0.6) is 0 Å². The largest absolute Gasteiger partial charge is 0.454 e. The van der Waals surface area contributed by atoms with Gasteiger partial charge < -0.3 is 10.0 Å². The van der Waals surface area contributed by atoms with Gasteiger partial charge in [-0.05, 0) is 5.56 Å². The number of likely N-dealkylation sites (tertiary alicyclic amines) is 1. The van der Waals surface area contributed by atoms with Crippen LogP contribution in [-0.4, -0.2) is 23.1 Å². The summed E-state index contributed by atoms with van der Waals surface area (Å²) < 4.78 is 0. The van der Waals surface area contributed by atoms with Gasteiger partial charge in [-0.2, -0.15) is 0 Å². The van der Waals surface area contributed by atoms with Gasteiger partial charge in [0.05, 0.1) is 0 Å². The number of hydrogen-bond donors (Lipinski definition) is 1. The smallest absolute Gasteiger partial charge is 0.110 e. The Morgan fingerprint density at radius 2 is 1.83 bits per heavy atom. The van der Waals surface area contributed by atoms with Gasteiger partial charge in [0, 0.05) is 13.1 Å². The molecule has 1 aliphatic rings. The molecule has 0 saturated carbocycles. The number of hydrogen-bond acceptors (Lipinski definition) is 2. The zero-order valence-electron chi connectivity index (χ0n) is 6.90. The highest BCUT2D eigenvalue weighted by atomic mass is 16.3. The van der Waals surface area contributed by atoms with Crippen LogP contribution < -0.4 is 0 Å². The normalized spacial score (nSPS) is 21.8. The van der Waals surface area contributed by atoms with Crippen molar-refractivity contribution in [2.24, 2.45) is 0 Å². The summed E-state index contributed by atoms with van der Waals surface area (Å²) in [5.74, 6) is 0. The fourth-order valence-electron chi connectivity index (χ4n) is 1.62. The SMILES string of the molecule is [CH2-]N1CC(O)(c2ccccc2)C1. The Bertz CT molecular complexity index is 264. The Labute approximate surface area is 72.4 Å². The van der Waals surface area contributed by atoms with Gasteiger partial charge in [0.15, 0.2) is 0 Å². The van der Waals surface area contributed by atoms with Crippen LogP contribution in [0.1, 0.15) is 5.56 Å². The van der Waals surface area contributed by atoms with Crippen molar-refractivity contribution in [3.8, 4) is 0 Å². The second-order valence-electron chi connectivity index (χ2n) is 3.38. The second-order valence-corrected chi connectivity index (χ2v) is 3.38. The first kappa shape index (κ1) is 7.77. The van der Waals surface area contributed by atoms with E-state index < -0.39 is 5.60 Å². The minimum Gasteiger partial charge on any atom is -0.454 e. The highest BCUT2D eigenvalue weighted by Gasteiger charge is 2.36. The molecule has 0 aliphatic carbocycles. The maximum atomic E-state index is 9.97. The van der Waals surface area contributed by atoms with Crippen molar-refractivity contribution >= 4 is 0 Å². The summed E-state index contributed by atoms with van der Waals surface area (Å²) in [6, 6.07) is 9.74. The van der Waals surface area contributed by atoms with Crippen LogP contribution in [0.3, 0.4) is 0 Å². The number of nitrogens with zero attached hydrogens (tertiary/aromatic N) is 1. The van der Waals surface area contributed by atoms with E-state index in [1.54, 1.807) is 0 Å². The summed E-state index contributed by atoms with van der Waals surface area (Å²) in [4.78, 5) is 1.85. The summed E-state index contributed by atoms with van der Waals surface area (Å²) in [6.45, 7) is 1.27. The number of aliphatic hydroxyl groups is 1. The zero-order chi connectivity index (χ0) is 8.60. The van der Waals surface area contributed by atoms with E-state index in [1.165, 1.54) is 0 Å². The first-order valence-electron chi connectivity index (χ1n) is 4.04. The third-order valence-electron chi connectivity index (χ3n) is 2.28. The minimum atomic E-state index is -0.650. The lowest BCUT2D eigenvalue weighted by Crippen LogP contribution is -2.56. The van der Waals surface area contributed by atoms with E-state index in [9.17, 15) is 5.11 Å². The quantitative estimate of drug-likeness (QED) is 0.622. The Hall–Kier alpha value is -0.860. The van der Waals surface area contributed by atoms with Crippen LogP contribution in [0.4, 0.5) is 0 Å². The van der Waals surface area contributed by atoms with Crippen LogP contribution in [0.25, 0.3) is 0 Å². The molecule has 2 nitrogen and oxygen atoms in total. The van der Waals surface area contributed by atoms with E-state index in [2.05, 4.69) is 7.05 Å². The second kappa shape index (κ2) is 2.57. The highest BCUT2D eigenvalue weighted by molar-refractivity contribution is 5.25. The number of β-amino-alcohol motifs (C(OH)–C–C–N with tert-alkyl or cyclic N) is 1. The lowest BCUT2D eigenvalue weighted by molar-refractivity contribution is -0.0834. The number of rotatable bonds is 1. The molecule has 0 spiro atoms. The van der Waals surface area contributed by atoms with E-state index in [4.69, 9.17) is 0 Å². The molecule has 1 saturated heterocycles. The summed E-state index contributed by atoms with van der Waals surface area (Å²) in [5, 5.41) is 9.97. The Kier molecular flexibility index (Phi) is 1.67. The molecule has 1 N–H and O–H groups in total. The van der Waals surface area contributed by atoms with E-state index in [0.29, 0.717) is 13.1 Å². The van der Waals surface area contributed by atoms with Gasteiger partial charge in [-0.1, -0.05) is 30.3 Å². The third kappa shape index (κ3) is 1.13. The van der Waals surface area contributed by atoms with Crippen molar-refractivity contribution in [1.82, 2.24) is 4.90 Å². The fourth-order valence-corrected chi connectivity index (χ4v) is 1.62. The van der Waals surface area contributed by atoms with Crippen molar-refractivity contribution in [3.05, 3.63) is 42.9 Å². The van der Waals surface area contributed by atoms with E-state index in [-0.39, 0.29) is 0 Å². The molecule has 0 bridgehead atoms. The molecule has 1 aromatic rings. The van der Waals surface area contributed by atoms with Crippen molar-refractivity contribution in [2.75, 3.05) is 13.1 Å². The van der Waals surface area contributed by atoms with Gasteiger partial charge in [0.1, 0.15) is 5.60 Å². The fraction of sp³-hybridized carbons (Fsp3) is 0.300. The van der Waals surface area contributed by atoms with E-state index in [0.717, 1.165) is 5.56 Å². The molecule has 0 radical (unpaired) electrons. The monoisotopic (exact) mass is 162 g/mol. The predicted octanol–water partition coefficient (Wildman–Crippen LogP) is 0.981. The first-order valence-corrected chi connectivity index (χ1v) is 4.04. The van der Waals surface area contributed by atoms with Gasteiger partial charge in [0.25, 0.3) is 0 Å². The Balaban J connectivity index is 2.21. The van der Waals surface area contributed by atoms with Crippen LogP contribution >= 0.6 is 0 Å². The van der Waals surface area contributed by atoms with Crippen LogP contribution in [0.2, 0.25) is 0 Å². The van der Waals surface area contributed by atoms with Gasteiger partial charge in [-0.15, -0.1) is 0 Å². The molecule has 0 amide bonds. The molecular weight excluding hydrogens is 150 g/mol. The topological polar surface area (TPSA) is 23.5 Å². The molecule has 1 fully saturated rings. The minimum absolute atomic E-state index is 0.636. The van der Waals surface area contributed by atoms with Gasteiger partial charge >= 0.3 is 0 Å². The molecule has 64 valence electrons. The maximum Gasteiger partial charge on any atom is 0.110 e. The van der Waals surface area contributed by atoms with Crippen LogP contribution in [0, 0.1) is 7.05 Å². The maximum absolute atomic E-state index is 9.97. The average molecular weight is 162 g/mol. The lowest BCUT2D eigenvalue weighted by atomic mass is 9.87. The van der Waals surface area contributed by atoms with Crippen molar-refractivity contribution in [3.63, 3.8) is 0 Å². The summed E-state index contributed by atoms with van der Waals surface area (Å²) in [5.41, 5.74) is 0.341. The highest BCUT2D eigenvalue weighted by Crippen LogP contribution is 2.30. The molecule has 2 rings (SSSR count). The summed E-state index contributed by atoms with van der Waals surface area (Å²) in [6.07, 6.45) is 0. The molecule has 0 atom stereocenters. The van der Waals surface area contributed by atoms with Crippen molar-refractivity contribution < 1.29 is 5.11 Å². The lowest BCUT2D eigenvalue weighted by Gasteiger charge is -2.50. The Morgan fingerprint density at radius 3 is 2.33 bits per heavy atom. The van der Waals surface area contributed by atoms with Gasteiger partial charge in [-0.25, -0.2) is 0 Å². The summed E-state index contributed by atoms with van der Waals surface area (Å²) >= 11 is 0.